The van der Waals surface area contributed by atoms with Crippen molar-refractivity contribution in [3.63, 3.8) is 0 Å². The molecule has 0 fully saturated rings. The number of hydrogen-bond acceptors (Lipinski definition) is 5. The molecule has 0 saturated carbocycles. The highest BCUT2D eigenvalue weighted by Gasteiger charge is 2.20. The van der Waals surface area contributed by atoms with Gasteiger partial charge in [-0.15, -0.1) is 0 Å². The van der Waals surface area contributed by atoms with Crippen LogP contribution in [-0.4, -0.2) is 47.4 Å². The molecule has 1 amide bonds. The summed E-state index contributed by atoms with van der Waals surface area (Å²) in [5.74, 6) is -0.0303. The Morgan fingerprint density at radius 2 is 0.618 bits per heavy atom. The normalized spacial score (nSPS) is 12.6. The summed E-state index contributed by atoms with van der Waals surface area (Å²) >= 11 is 0. The summed E-state index contributed by atoms with van der Waals surface area (Å²) in [5, 5.41) is 23.4. The van der Waals surface area contributed by atoms with E-state index in [0.29, 0.717) is 25.9 Å². The van der Waals surface area contributed by atoms with Gasteiger partial charge in [0.05, 0.1) is 25.4 Å². The zero-order valence-electron chi connectivity index (χ0n) is 51.5. The van der Waals surface area contributed by atoms with Gasteiger partial charge in [0.2, 0.25) is 5.91 Å². The number of unbranched alkanes of at least 4 members (excludes halogenated alkanes) is 50. The van der Waals surface area contributed by atoms with Crippen LogP contribution < -0.4 is 5.32 Å². The van der Waals surface area contributed by atoms with Crippen molar-refractivity contribution in [2.45, 2.75) is 398 Å². The monoisotopic (exact) mass is 1070 g/mol. The number of carbonyl (C=O) groups is 2. The third-order valence-corrected chi connectivity index (χ3v) is 16.2. The molecule has 0 aromatic heterocycles. The van der Waals surface area contributed by atoms with Crippen molar-refractivity contribution in [2.75, 3.05) is 13.2 Å². The third-order valence-electron chi connectivity index (χ3n) is 16.2. The summed E-state index contributed by atoms with van der Waals surface area (Å²) in [6, 6.07) is -0.546. The summed E-state index contributed by atoms with van der Waals surface area (Å²) in [6.45, 7) is 4.98. The van der Waals surface area contributed by atoms with Crippen molar-refractivity contribution in [1.29, 1.82) is 0 Å². The fourth-order valence-electron chi connectivity index (χ4n) is 10.9. The molecule has 2 atom stereocenters. The van der Waals surface area contributed by atoms with Crippen LogP contribution in [0.4, 0.5) is 0 Å². The average molecular weight is 1070 g/mol. The van der Waals surface area contributed by atoms with Crippen molar-refractivity contribution >= 4 is 11.9 Å². The maximum atomic E-state index is 12.5. The molecule has 0 aromatic rings. The van der Waals surface area contributed by atoms with Crippen LogP contribution in [0, 0.1) is 0 Å². The Morgan fingerprint density at radius 1 is 0.355 bits per heavy atom. The van der Waals surface area contributed by atoms with Gasteiger partial charge in [0.25, 0.3) is 0 Å². The van der Waals surface area contributed by atoms with E-state index in [1.807, 2.05) is 0 Å². The molecule has 3 N–H and O–H groups in total. The van der Waals surface area contributed by atoms with E-state index in [0.717, 1.165) is 44.9 Å². The Morgan fingerprint density at radius 3 is 0.934 bits per heavy atom. The molecule has 0 aliphatic rings. The van der Waals surface area contributed by atoms with Gasteiger partial charge in [0.1, 0.15) is 0 Å². The van der Waals surface area contributed by atoms with E-state index in [-0.39, 0.29) is 18.5 Å². The van der Waals surface area contributed by atoms with Crippen molar-refractivity contribution in [3.05, 3.63) is 24.3 Å². The van der Waals surface area contributed by atoms with Crippen LogP contribution in [0.25, 0.3) is 0 Å². The lowest BCUT2D eigenvalue weighted by molar-refractivity contribution is -0.143. The molecule has 0 radical (unpaired) electrons. The average Bonchev–Trinajstić information content (AvgIpc) is 3.42. The number of hydrogen-bond donors (Lipinski definition) is 3. The minimum Gasteiger partial charge on any atom is -0.466 e. The van der Waals surface area contributed by atoms with Crippen LogP contribution in [0.5, 0.6) is 0 Å². The quantitative estimate of drug-likeness (QED) is 0.0320. The van der Waals surface area contributed by atoms with Gasteiger partial charge in [-0.3, -0.25) is 9.59 Å². The van der Waals surface area contributed by atoms with Crippen molar-refractivity contribution < 1.29 is 24.5 Å². The van der Waals surface area contributed by atoms with E-state index in [1.54, 1.807) is 0 Å². The lowest BCUT2D eigenvalue weighted by Gasteiger charge is -2.22. The lowest BCUT2D eigenvalue weighted by atomic mass is 10.0. The van der Waals surface area contributed by atoms with E-state index < -0.39 is 12.1 Å². The largest absolute Gasteiger partial charge is 0.466 e. The number of aliphatic hydroxyl groups excluding tert-OH is 2. The molecule has 0 rings (SSSR count). The first kappa shape index (κ1) is 74.3. The smallest absolute Gasteiger partial charge is 0.305 e. The molecular formula is C70H135NO5. The molecule has 76 heavy (non-hydrogen) atoms. The van der Waals surface area contributed by atoms with Gasteiger partial charge in [0.15, 0.2) is 0 Å². The summed E-state index contributed by atoms with van der Waals surface area (Å²) in [6.07, 6.45) is 82.1. The van der Waals surface area contributed by atoms with Gasteiger partial charge in [-0.05, 0) is 77.0 Å². The summed E-state index contributed by atoms with van der Waals surface area (Å²) in [4.78, 5) is 24.6. The second-order valence-corrected chi connectivity index (χ2v) is 23.9. The summed E-state index contributed by atoms with van der Waals surface area (Å²) in [5.41, 5.74) is 0. The maximum absolute atomic E-state index is 12.5. The topological polar surface area (TPSA) is 95.9 Å². The van der Waals surface area contributed by atoms with Crippen LogP contribution in [0.15, 0.2) is 24.3 Å². The van der Waals surface area contributed by atoms with Crippen LogP contribution >= 0.6 is 0 Å². The van der Waals surface area contributed by atoms with Gasteiger partial charge in [0, 0.05) is 12.8 Å². The third kappa shape index (κ3) is 61.6. The first-order valence-corrected chi connectivity index (χ1v) is 34.6. The van der Waals surface area contributed by atoms with Crippen LogP contribution in [0.2, 0.25) is 0 Å². The fraction of sp³-hybridized carbons (Fsp3) is 0.914. The number of allylic oxidation sites excluding steroid dienone is 4. The predicted molar refractivity (Wildman–Crippen MR) is 333 cm³/mol. The van der Waals surface area contributed by atoms with Crippen LogP contribution in [-0.2, 0) is 14.3 Å². The summed E-state index contributed by atoms with van der Waals surface area (Å²) < 4.78 is 5.49. The zero-order chi connectivity index (χ0) is 55.0. The molecule has 0 saturated heterocycles. The number of carbonyl (C=O) groups excluding carboxylic acids is 2. The first-order valence-electron chi connectivity index (χ1n) is 34.6. The lowest BCUT2D eigenvalue weighted by Crippen LogP contribution is -2.45. The van der Waals surface area contributed by atoms with Gasteiger partial charge in [-0.2, -0.15) is 0 Å². The Bertz CT molecular complexity index is 1190. The van der Waals surface area contributed by atoms with Crippen molar-refractivity contribution in [2.24, 2.45) is 0 Å². The highest BCUT2D eigenvalue weighted by atomic mass is 16.5. The number of esters is 1. The van der Waals surface area contributed by atoms with Gasteiger partial charge < -0.3 is 20.3 Å². The Hall–Kier alpha value is -1.66. The number of amides is 1. The molecule has 0 aliphatic heterocycles. The Kier molecular flexibility index (Phi) is 64.4. The van der Waals surface area contributed by atoms with Gasteiger partial charge in [-0.1, -0.05) is 321 Å². The Labute approximate surface area is 475 Å². The number of ether oxygens (including phenoxy) is 1. The second kappa shape index (κ2) is 65.9. The number of rotatable bonds is 65. The molecule has 0 aromatic carbocycles. The van der Waals surface area contributed by atoms with E-state index in [2.05, 4.69) is 43.5 Å². The molecule has 6 heteroatoms. The first-order chi connectivity index (χ1) is 37.5. The number of aliphatic hydroxyl groups is 2. The second-order valence-electron chi connectivity index (χ2n) is 23.9. The highest BCUT2D eigenvalue weighted by Crippen LogP contribution is 2.18. The minimum absolute atomic E-state index is 0.00539. The SMILES string of the molecule is CCCCCCCC/C=C\CCCCCCCC(=O)OCCCCCCCCCCCCCC/C=C\CCCCCCCCCCC(=O)NC(CO)C(O)CCCCCCCCCCCCCCCCCCCCCC. The molecule has 0 spiro atoms. The molecule has 0 heterocycles. The van der Waals surface area contributed by atoms with E-state index in [4.69, 9.17) is 4.74 Å². The molecule has 450 valence electrons. The summed E-state index contributed by atoms with van der Waals surface area (Å²) in [7, 11) is 0. The fourth-order valence-corrected chi connectivity index (χ4v) is 10.9. The maximum Gasteiger partial charge on any atom is 0.305 e. The van der Waals surface area contributed by atoms with Gasteiger partial charge >= 0.3 is 5.97 Å². The predicted octanol–water partition coefficient (Wildman–Crippen LogP) is 22.1. The van der Waals surface area contributed by atoms with Gasteiger partial charge in [-0.25, -0.2) is 0 Å². The standard InChI is InChI=1S/C70H135NO5/c1-3-5-7-9-11-13-15-17-19-20-21-28-31-35-38-42-46-50-54-58-62-68(73)67(66-72)71-69(74)63-59-55-51-47-43-39-36-32-29-26-24-22-23-25-27-30-33-37-41-45-49-53-57-61-65-76-70(75)64-60-56-52-48-44-40-34-18-16-14-12-10-8-6-4-2/h18,24,26,34,67-68,72-73H,3-17,19-23,25,27-33,35-66H2,1-2H3,(H,71,74)/b26-24-,34-18-. The molecule has 2 unspecified atom stereocenters. The molecular weight excluding hydrogens is 935 g/mol. The van der Waals surface area contributed by atoms with Crippen molar-refractivity contribution in [3.8, 4) is 0 Å². The van der Waals surface area contributed by atoms with E-state index in [1.165, 1.54) is 308 Å². The molecule has 6 nitrogen and oxygen atoms in total. The zero-order valence-corrected chi connectivity index (χ0v) is 51.5. The number of nitrogens with one attached hydrogen (secondary N) is 1. The van der Waals surface area contributed by atoms with Crippen molar-refractivity contribution in [1.82, 2.24) is 5.32 Å². The van der Waals surface area contributed by atoms with E-state index >= 15 is 0 Å². The minimum atomic E-state index is -0.668. The molecule has 0 aliphatic carbocycles. The van der Waals surface area contributed by atoms with E-state index in [9.17, 15) is 19.8 Å². The van der Waals surface area contributed by atoms with Crippen LogP contribution in [0.3, 0.4) is 0 Å². The van der Waals surface area contributed by atoms with Crippen LogP contribution in [0.1, 0.15) is 386 Å². The molecule has 0 bridgehead atoms. The Balaban J connectivity index is 3.40. The highest BCUT2D eigenvalue weighted by molar-refractivity contribution is 5.76.